The van der Waals surface area contributed by atoms with Crippen molar-refractivity contribution in [3.05, 3.63) is 55.8 Å². The molecule has 0 aliphatic carbocycles. The molecule has 1 saturated heterocycles. The Morgan fingerprint density at radius 2 is 2.00 bits per heavy atom. The van der Waals surface area contributed by atoms with E-state index in [0.29, 0.717) is 13.1 Å². The summed E-state index contributed by atoms with van der Waals surface area (Å²) in [7, 11) is 0. The van der Waals surface area contributed by atoms with Gasteiger partial charge in [0.25, 0.3) is 5.91 Å². The van der Waals surface area contributed by atoms with Gasteiger partial charge in [-0.2, -0.15) is 0 Å². The average molecular weight is 435 g/mol. The van der Waals surface area contributed by atoms with Crippen LogP contribution in [0.25, 0.3) is 0 Å². The lowest BCUT2D eigenvalue weighted by molar-refractivity contribution is 0.0789. The Morgan fingerprint density at radius 1 is 1.29 bits per heavy atom. The van der Waals surface area contributed by atoms with E-state index >= 15 is 0 Å². The van der Waals surface area contributed by atoms with Gasteiger partial charge in [-0.25, -0.2) is 0 Å². The number of likely N-dealkylation sites (tertiary alicyclic amines) is 1. The minimum Gasteiger partial charge on any atom is -0.336 e. The Morgan fingerprint density at radius 3 is 2.62 bits per heavy atom. The number of nitrogens with zero attached hydrogens (tertiary/aromatic N) is 1. The molecule has 21 heavy (non-hydrogen) atoms. The molecule has 112 valence electrons. The number of hydrogen-bond acceptors (Lipinski definition) is 3. The number of nitrogens with two attached hydrogens (primary N) is 1. The lowest BCUT2D eigenvalue weighted by atomic mass is 9.95. The van der Waals surface area contributed by atoms with Gasteiger partial charge in [0, 0.05) is 30.4 Å². The fraction of sp³-hybridized carbons (Fsp3) is 0.267. The third kappa shape index (κ3) is 3.59. The fourth-order valence-electron chi connectivity index (χ4n) is 2.65. The summed E-state index contributed by atoms with van der Waals surface area (Å²) in [6.07, 6.45) is 0. The van der Waals surface area contributed by atoms with E-state index in [-0.39, 0.29) is 30.3 Å². The molecule has 2 heterocycles. The largest absolute Gasteiger partial charge is 0.336 e. The smallest absolute Gasteiger partial charge is 0.254 e. The van der Waals surface area contributed by atoms with E-state index in [0.717, 1.165) is 8.45 Å². The van der Waals surface area contributed by atoms with Crippen molar-refractivity contribution in [2.45, 2.75) is 12.0 Å². The quantitative estimate of drug-likeness (QED) is 0.737. The minimum absolute atomic E-state index is 0. The zero-order valence-electron chi connectivity index (χ0n) is 11.2. The molecule has 1 aliphatic rings. The van der Waals surface area contributed by atoms with Gasteiger partial charge in [-0.05, 0) is 34.2 Å². The highest BCUT2D eigenvalue weighted by molar-refractivity contribution is 14.1. The van der Waals surface area contributed by atoms with Crippen LogP contribution in [-0.2, 0) is 0 Å². The number of halogens is 2. The summed E-state index contributed by atoms with van der Waals surface area (Å²) in [6.45, 7) is 1.33. The average Bonchev–Trinajstić information content (AvgIpc) is 3.05. The van der Waals surface area contributed by atoms with Gasteiger partial charge in [0.1, 0.15) is 0 Å². The lowest BCUT2D eigenvalue weighted by Gasteiger charge is -2.15. The molecule has 3 rings (SSSR count). The summed E-state index contributed by atoms with van der Waals surface area (Å²) < 4.78 is 1.13. The second kappa shape index (κ2) is 7.09. The van der Waals surface area contributed by atoms with Crippen LogP contribution in [0.3, 0.4) is 0 Å². The zero-order valence-corrected chi connectivity index (χ0v) is 15.0. The van der Waals surface area contributed by atoms with E-state index in [1.54, 1.807) is 11.3 Å². The molecule has 2 atom stereocenters. The van der Waals surface area contributed by atoms with Crippen LogP contribution in [0.4, 0.5) is 0 Å². The number of hydrogen-bond donors (Lipinski definition) is 1. The Labute approximate surface area is 148 Å². The summed E-state index contributed by atoms with van der Waals surface area (Å²) in [5.74, 6) is 0.330. The number of amides is 1. The molecule has 1 aromatic carbocycles. The Bertz CT molecular complexity index is 619. The predicted octanol–water partition coefficient (Wildman–Crippen LogP) is 3.34. The van der Waals surface area contributed by atoms with Gasteiger partial charge in [0.05, 0.1) is 8.45 Å². The number of carbonyl (C=O) groups excluding carboxylic acids is 1. The predicted molar refractivity (Wildman–Crippen MR) is 97.3 cm³/mol. The topological polar surface area (TPSA) is 46.3 Å². The summed E-state index contributed by atoms with van der Waals surface area (Å²) in [5, 5.41) is 1.92. The van der Waals surface area contributed by atoms with Gasteiger partial charge in [0.15, 0.2) is 0 Å². The van der Waals surface area contributed by atoms with Crippen LogP contribution < -0.4 is 5.73 Å². The number of thiophene rings is 1. The molecule has 1 aliphatic heterocycles. The maximum absolute atomic E-state index is 12.5. The van der Waals surface area contributed by atoms with Crippen molar-refractivity contribution < 1.29 is 4.79 Å². The molecule has 1 aromatic heterocycles. The standard InChI is InChI=1S/C15H15IN2OS.ClH/c16-14-6-11(9-20-14)15(19)18-7-12(13(17)8-18)10-4-2-1-3-5-10;/h1-6,9,12-13H,7-8,17H2;1H/t12-,13+;/m0./s1. The Hall–Kier alpha value is -0.630. The first-order valence-electron chi connectivity index (χ1n) is 6.49. The second-order valence-corrected chi connectivity index (χ2v) is 7.84. The van der Waals surface area contributed by atoms with Crippen LogP contribution in [0.1, 0.15) is 21.8 Å². The monoisotopic (exact) mass is 434 g/mol. The molecular weight excluding hydrogens is 419 g/mol. The maximum Gasteiger partial charge on any atom is 0.254 e. The second-order valence-electron chi connectivity index (χ2n) is 5.03. The van der Waals surface area contributed by atoms with E-state index in [1.165, 1.54) is 5.56 Å². The summed E-state index contributed by atoms with van der Waals surface area (Å²) >= 11 is 3.84. The molecule has 0 bridgehead atoms. The van der Waals surface area contributed by atoms with Crippen LogP contribution in [0, 0.1) is 2.88 Å². The van der Waals surface area contributed by atoms with Crippen LogP contribution in [0.5, 0.6) is 0 Å². The highest BCUT2D eigenvalue weighted by Gasteiger charge is 2.34. The molecule has 2 N–H and O–H groups in total. The molecule has 1 amide bonds. The third-order valence-corrected chi connectivity index (χ3v) is 5.48. The minimum atomic E-state index is 0. The van der Waals surface area contributed by atoms with Crippen molar-refractivity contribution in [1.29, 1.82) is 0 Å². The normalized spacial score (nSPS) is 21.1. The summed E-state index contributed by atoms with van der Waals surface area (Å²) in [4.78, 5) is 14.3. The van der Waals surface area contributed by atoms with Crippen LogP contribution >= 0.6 is 46.3 Å². The van der Waals surface area contributed by atoms with Crippen molar-refractivity contribution in [3.8, 4) is 0 Å². The fourth-order valence-corrected chi connectivity index (χ4v) is 3.97. The first-order valence-corrected chi connectivity index (χ1v) is 8.45. The SMILES string of the molecule is Cl.N[C@@H]1CN(C(=O)c2csc(I)c2)C[C@H]1c1ccccc1. The van der Waals surface area contributed by atoms with Crippen molar-refractivity contribution in [3.63, 3.8) is 0 Å². The first-order chi connectivity index (χ1) is 9.65. The van der Waals surface area contributed by atoms with Crippen molar-refractivity contribution in [2.24, 2.45) is 5.73 Å². The molecule has 1 fully saturated rings. The van der Waals surface area contributed by atoms with Crippen LogP contribution in [-0.4, -0.2) is 29.9 Å². The molecule has 0 radical (unpaired) electrons. The van der Waals surface area contributed by atoms with Crippen molar-refractivity contribution in [1.82, 2.24) is 4.90 Å². The van der Waals surface area contributed by atoms with E-state index in [1.807, 2.05) is 34.5 Å². The summed E-state index contributed by atoms with van der Waals surface area (Å²) in [6, 6.07) is 12.2. The first kappa shape index (κ1) is 16.7. The highest BCUT2D eigenvalue weighted by Crippen LogP contribution is 2.28. The zero-order chi connectivity index (χ0) is 14.1. The molecule has 6 heteroatoms. The molecule has 0 spiro atoms. The molecule has 3 nitrogen and oxygen atoms in total. The summed E-state index contributed by atoms with van der Waals surface area (Å²) in [5.41, 5.74) is 8.23. The molecule has 0 unspecified atom stereocenters. The number of rotatable bonds is 2. The molecule has 0 saturated carbocycles. The van der Waals surface area contributed by atoms with Gasteiger partial charge in [0.2, 0.25) is 0 Å². The maximum atomic E-state index is 12.5. The third-order valence-electron chi connectivity index (χ3n) is 3.69. The van der Waals surface area contributed by atoms with Gasteiger partial charge in [-0.3, -0.25) is 4.79 Å². The van der Waals surface area contributed by atoms with E-state index in [2.05, 4.69) is 34.7 Å². The Balaban J connectivity index is 0.00000161. The van der Waals surface area contributed by atoms with Gasteiger partial charge >= 0.3 is 0 Å². The molecular formula is C15H16ClIN2OS. The van der Waals surface area contributed by atoms with Crippen molar-refractivity contribution in [2.75, 3.05) is 13.1 Å². The van der Waals surface area contributed by atoms with Gasteiger partial charge < -0.3 is 10.6 Å². The van der Waals surface area contributed by atoms with E-state index in [4.69, 9.17) is 5.73 Å². The van der Waals surface area contributed by atoms with Crippen molar-refractivity contribution >= 4 is 52.2 Å². The van der Waals surface area contributed by atoms with Crippen LogP contribution in [0.15, 0.2) is 41.8 Å². The van der Waals surface area contributed by atoms with E-state index in [9.17, 15) is 4.79 Å². The number of benzene rings is 1. The Kier molecular flexibility index (Phi) is 5.65. The number of carbonyl (C=O) groups is 1. The van der Waals surface area contributed by atoms with Gasteiger partial charge in [-0.15, -0.1) is 23.7 Å². The van der Waals surface area contributed by atoms with E-state index < -0.39 is 0 Å². The van der Waals surface area contributed by atoms with Gasteiger partial charge in [-0.1, -0.05) is 30.3 Å². The van der Waals surface area contributed by atoms with Crippen LogP contribution in [0.2, 0.25) is 0 Å². The lowest BCUT2D eigenvalue weighted by Crippen LogP contribution is -2.32. The highest BCUT2D eigenvalue weighted by atomic mass is 127. The molecule has 2 aromatic rings.